The van der Waals surface area contributed by atoms with E-state index in [9.17, 15) is 13.2 Å². The molecule has 5 nitrogen and oxygen atoms in total. The fourth-order valence-electron chi connectivity index (χ4n) is 2.26. The van der Waals surface area contributed by atoms with Gasteiger partial charge in [-0.15, -0.1) is 0 Å². The Morgan fingerprint density at radius 3 is 2.23 bits per heavy atom. The van der Waals surface area contributed by atoms with E-state index in [1.165, 1.54) is 23.5 Å². The Hall–Kier alpha value is -1.40. The van der Waals surface area contributed by atoms with Crippen LogP contribution in [-0.4, -0.2) is 38.4 Å². The number of aryl methyl sites for hydroxylation is 1. The fourth-order valence-corrected chi connectivity index (χ4v) is 4.26. The molecule has 0 saturated heterocycles. The second kappa shape index (κ2) is 7.24. The molecule has 0 aliphatic rings. The second-order valence-electron chi connectivity index (χ2n) is 6.03. The van der Waals surface area contributed by atoms with Gasteiger partial charge in [-0.05, 0) is 50.5 Å². The van der Waals surface area contributed by atoms with Crippen molar-refractivity contribution in [2.45, 2.75) is 45.6 Å². The summed E-state index contributed by atoms with van der Waals surface area (Å²) in [5.74, 6) is -0.248. The van der Waals surface area contributed by atoms with Gasteiger partial charge in [0.05, 0.1) is 17.6 Å². The number of rotatable bonds is 6. The zero-order valence-electron chi connectivity index (χ0n) is 14.1. The predicted octanol–water partition coefficient (Wildman–Crippen LogP) is 2.84. The van der Waals surface area contributed by atoms with Gasteiger partial charge in [-0.1, -0.05) is 13.8 Å². The van der Waals surface area contributed by atoms with Gasteiger partial charge in [0.15, 0.2) is 0 Å². The summed E-state index contributed by atoms with van der Waals surface area (Å²) in [4.78, 5) is 11.8. The number of hydrogen-bond donors (Lipinski definition) is 0. The van der Waals surface area contributed by atoms with Crippen LogP contribution in [0.25, 0.3) is 0 Å². The molecule has 0 radical (unpaired) electrons. The molecule has 0 spiro atoms. The van der Waals surface area contributed by atoms with Gasteiger partial charge < -0.3 is 4.74 Å². The Morgan fingerprint density at radius 1 is 1.23 bits per heavy atom. The third kappa shape index (κ3) is 4.08. The minimum Gasteiger partial charge on any atom is -0.465 e. The number of nitrogens with zero attached hydrogens (tertiary/aromatic N) is 1. The molecular weight excluding hydrogens is 302 g/mol. The lowest BCUT2D eigenvalue weighted by Gasteiger charge is -2.28. The van der Waals surface area contributed by atoms with E-state index >= 15 is 0 Å². The van der Waals surface area contributed by atoms with Crippen LogP contribution < -0.4 is 0 Å². The summed E-state index contributed by atoms with van der Waals surface area (Å²) in [6.07, 6.45) is 0. The summed E-state index contributed by atoms with van der Waals surface area (Å²) in [5.41, 5.74) is 0.885. The number of benzene rings is 1. The van der Waals surface area contributed by atoms with Crippen molar-refractivity contribution in [3.05, 3.63) is 29.3 Å². The van der Waals surface area contributed by atoms with Crippen LogP contribution in [0.5, 0.6) is 0 Å². The van der Waals surface area contributed by atoms with Crippen LogP contribution in [0.4, 0.5) is 0 Å². The number of carbonyl (C=O) groups is 1. The van der Waals surface area contributed by atoms with Crippen molar-refractivity contribution in [2.75, 3.05) is 13.7 Å². The van der Waals surface area contributed by atoms with Crippen LogP contribution in [0, 0.1) is 12.8 Å². The van der Waals surface area contributed by atoms with Crippen LogP contribution in [0.2, 0.25) is 0 Å². The fraction of sp³-hybridized carbons (Fsp3) is 0.562. The van der Waals surface area contributed by atoms with Gasteiger partial charge in [-0.3, -0.25) is 0 Å². The Kier molecular flexibility index (Phi) is 6.14. The van der Waals surface area contributed by atoms with Gasteiger partial charge in [0.1, 0.15) is 0 Å². The molecule has 0 aliphatic heterocycles. The summed E-state index contributed by atoms with van der Waals surface area (Å²) in [7, 11) is -2.30. The van der Waals surface area contributed by atoms with Crippen LogP contribution in [0.15, 0.2) is 23.1 Å². The average molecular weight is 327 g/mol. The number of esters is 1. The molecule has 1 aromatic rings. The second-order valence-corrected chi connectivity index (χ2v) is 7.89. The number of carbonyl (C=O) groups excluding carboxylic acids is 1. The topological polar surface area (TPSA) is 63.7 Å². The molecule has 1 rings (SSSR count). The van der Waals surface area contributed by atoms with Crippen LogP contribution in [0.1, 0.15) is 43.6 Å². The van der Waals surface area contributed by atoms with Crippen molar-refractivity contribution in [3.63, 3.8) is 0 Å². The lowest BCUT2D eigenvalue weighted by atomic mass is 10.1. The molecule has 0 unspecified atom stereocenters. The van der Waals surface area contributed by atoms with E-state index in [1.807, 2.05) is 27.7 Å². The molecule has 22 heavy (non-hydrogen) atoms. The standard InChI is InChI=1S/C16H25NO4S/c1-11(2)10-17(12(3)4)22(19,20)15-8-7-14(9-13(15)5)16(18)21-6/h7-9,11-12H,10H2,1-6H3. The monoisotopic (exact) mass is 327 g/mol. The summed E-state index contributed by atoms with van der Waals surface area (Å²) in [6.45, 7) is 9.83. The molecule has 6 heteroatoms. The first-order chi connectivity index (χ1) is 10.1. The Morgan fingerprint density at radius 2 is 1.82 bits per heavy atom. The highest BCUT2D eigenvalue weighted by Gasteiger charge is 2.29. The highest BCUT2D eigenvalue weighted by atomic mass is 32.2. The summed E-state index contributed by atoms with van der Waals surface area (Å²) in [5, 5.41) is 0. The molecule has 0 bridgehead atoms. The van der Waals surface area contributed by atoms with Crippen LogP contribution >= 0.6 is 0 Å². The van der Waals surface area contributed by atoms with Crippen LogP contribution in [0.3, 0.4) is 0 Å². The van der Waals surface area contributed by atoms with Crippen molar-refractivity contribution in [2.24, 2.45) is 5.92 Å². The Bertz CT molecular complexity index is 636. The van der Waals surface area contributed by atoms with Gasteiger partial charge >= 0.3 is 5.97 Å². The molecule has 0 atom stereocenters. The lowest BCUT2D eigenvalue weighted by molar-refractivity contribution is 0.0600. The third-order valence-corrected chi connectivity index (χ3v) is 5.51. The minimum atomic E-state index is -3.59. The molecule has 0 N–H and O–H groups in total. The Balaban J connectivity index is 3.30. The first-order valence-electron chi connectivity index (χ1n) is 7.32. The van der Waals surface area contributed by atoms with Crippen molar-refractivity contribution >= 4 is 16.0 Å². The first-order valence-corrected chi connectivity index (χ1v) is 8.76. The predicted molar refractivity (Wildman–Crippen MR) is 86.4 cm³/mol. The number of sulfonamides is 1. The summed E-state index contributed by atoms with van der Waals surface area (Å²) < 4.78 is 31.9. The minimum absolute atomic E-state index is 0.132. The highest BCUT2D eigenvalue weighted by Crippen LogP contribution is 2.24. The normalized spacial score (nSPS) is 12.2. The quantitative estimate of drug-likeness (QED) is 0.754. The number of hydrogen-bond acceptors (Lipinski definition) is 4. The van der Waals surface area contributed by atoms with E-state index in [-0.39, 0.29) is 16.9 Å². The number of ether oxygens (including phenoxy) is 1. The smallest absolute Gasteiger partial charge is 0.337 e. The zero-order chi connectivity index (χ0) is 17.1. The van der Waals surface area contributed by atoms with Crippen LogP contribution in [-0.2, 0) is 14.8 Å². The molecule has 0 amide bonds. The molecular formula is C16H25NO4S. The largest absolute Gasteiger partial charge is 0.465 e. The van der Waals surface area contributed by atoms with Crippen molar-refractivity contribution in [3.8, 4) is 0 Å². The molecule has 0 heterocycles. The van der Waals surface area contributed by atoms with Gasteiger partial charge in [0, 0.05) is 12.6 Å². The van der Waals surface area contributed by atoms with Crippen molar-refractivity contribution in [1.29, 1.82) is 0 Å². The Labute approximate surface area is 133 Å². The van der Waals surface area contributed by atoms with Crippen molar-refractivity contribution < 1.29 is 17.9 Å². The van der Waals surface area contributed by atoms with Gasteiger partial charge in [-0.2, -0.15) is 4.31 Å². The molecule has 0 saturated carbocycles. The van der Waals surface area contributed by atoms with E-state index in [0.29, 0.717) is 17.7 Å². The third-order valence-electron chi connectivity index (χ3n) is 3.30. The van der Waals surface area contributed by atoms with E-state index in [0.717, 1.165) is 0 Å². The molecule has 124 valence electrons. The molecule has 0 aliphatic carbocycles. The maximum absolute atomic E-state index is 12.9. The maximum Gasteiger partial charge on any atom is 0.337 e. The van der Waals surface area contributed by atoms with Gasteiger partial charge in [0.25, 0.3) is 0 Å². The SMILES string of the molecule is COC(=O)c1ccc(S(=O)(=O)N(CC(C)C)C(C)C)c(C)c1. The van der Waals surface area contributed by atoms with E-state index in [1.54, 1.807) is 13.0 Å². The summed E-state index contributed by atoms with van der Waals surface area (Å²) >= 11 is 0. The first kappa shape index (κ1) is 18.6. The molecule has 0 aromatic heterocycles. The average Bonchev–Trinajstić information content (AvgIpc) is 2.42. The molecule has 1 aromatic carbocycles. The molecule has 0 fully saturated rings. The van der Waals surface area contributed by atoms with E-state index < -0.39 is 16.0 Å². The maximum atomic E-state index is 12.9. The van der Waals surface area contributed by atoms with E-state index in [2.05, 4.69) is 4.74 Å². The van der Waals surface area contributed by atoms with Gasteiger partial charge in [-0.25, -0.2) is 13.2 Å². The summed E-state index contributed by atoms with van der Waals surface area (Å²) in [6, 6.07) is 4.38. The highest BCUT2D eigenvalue weighted by molar-refractivity contribution is 7.89. The number of methoxy groups -OCH3 is 1. The van der Waals surface area contributed by atoms with E-state index in [4.69, 9.17) is 0 Å². The zero-order valence-corrected chi connectivity index (χ0v) is 14.9. The lowest BCUT2D eigenvalue weighted by Crippen LogP contribution is -2.39. The van der Waals surface area contributed by atoms with Gasteiger partial charge in [0.2, 0.25) is 10.0 Å². The van der Waals surface area contributed by atoms with Crippen molar-refractivity contribution in [1.82, 2.24) is 4.31 Å².